The molecule has 1 unspecified atom stereocenters. The fourth-order valence-corrected chi connectivity index (χ4v) is 2.49. The Balaban J connectivity index is 2.19. The average molecular weight is 281 g/mol. The quantitative estimate of drug-likeness (QED) is 0.873. The zero-order chi connectivity index (χ0) is 13.1. The average Bonchev–Trinajstić information content (AvgIpc) is 2.27. The topological polar surface area (TPSA) is 20.2 Å². The van der Waals surface area contributed by atoms with Crippen LogP contribution in [0.2, 0.25) is 10.0 Å². The van der Waals surface area contributed by atoms with Crippen LogP contribution in [-0.2, 0) is 6.42 Å². The lowest BCUT2D eigenvalue weighted by molar-refractivity contribution is 0.178. The van der Waals surface area contributed by atoms with Crippen molar-refractivity contribution in [2.24, 2.45) is 0 Å². The van der Waals surface area contributed by atoms with Gasteiger partial charge in [0, 0.05) is 16.5 Å². The monoisotopic (exact) mass is 280 g/mol. The molecule has 0 aliphatic rings. The van der Waals surface area contributed by atoms with Crippen molar-refractivity contribution in [1.29, 1.82) is 0 Å². The molecule has 0 amide bonds. The van der Waals surface area contributed by atoms with Crippen molar-refractivity contribution in [1.82, 2.24) is 0 Å². The molecule has 0 bridgehead atoms. The highest BCUT2D eigenvalue weighted by Crippen LogP contribution is 2.25. The summed E-state index contributed by atoms with van der Waals surface area (Å²) in [5.74, 6) is 0. The zero-order valence-corrected chi connectivity index (χ0v) is 11.5. The summed E-state index contributed by atoms with van der Waals surface area (Å²) in [6.45, 7) is 2.03. The Labute approximate surface area is 117 Å². The highest BCUT2D eigenvalue weighted by atomic mass is 35.5. The lowest BCUT2D eigenvalue weighted by Crippen LogP contribution is -2.02. The smallest absolute Gasteiger partial charge is 0.0831 e. The van der Waals surface area contributed by atoms with E-state index >= 15 is 0 Å². The van der Waals surface area contributed by atoms with Crippen LogP contribution in [0.4, 0.5) is 0 Å². The Hall–Kier alpha value is -1.02. The lowest BCUT2D eigenvalue weighted by Gasteiger charge is -2.12. The molecule has 94 valence electrons. The van der Waals surface area contributed by atoms with Gasteiger partial charge in [0.15, 0.2) is 0 Å². The van der Waals surface area contributed by atoms with Gasteiger partial charge in [-0.15, -0.1) is 0 Å². The summed E-state index contributed by atoms with van der Waals surface area (Å²) in [5, 5.41) is 11.3. The van der Waals surface area contributed by atoms with E-state index in [1.54, 1.807) is 18.2 Å². The van der Waals surface area contributed by atoms with E-state index in [-0.39, 0.29) is 0 Å². The van der Waals surface area contributed by atoms with Gasteiger partial charge in [0.05, 0.1) is 6.10 Å². The molecular weight excluding hydrogens is 267 g/mol. The number of aryl methyl sites for hydroxylation is 1. The normalized spacial score (nSPS) is 12.4. The van der Waals surface area contributed by atoms with Crippen LogP contribution < -0.4 is 0 Å². The molecule has 1 nitrogen and oxygen atoms in total. The number of hydrogen-bond donors (Lipinski definition) is 1. The largest absolute Gasteiger partial charge is 0.388 e. The number of hydrogen-bond acceptors (Lipinski definition) is 1. The molecule has 2 aromatic rings. The molecule has 0 aromatic heterocycles. The van der Waals surface area contributed by atoms with Gasteiger partial charge in [-0.1, -0.05) is 53.0 Å². The van der Waals surface area contributed by atoms with Gasteiger partial charge >= 0.3 is 0 Å². The fraction of sp³-hybridized carbons (Fsp3) is 0.200. The van der Waals surface area contributed by atoms with Crippen molar-refractivity contribution in [3.8, 4) is 0 Å². The summed E-state index contributed by atoms with van der Waals surface area (Å²) < 4.78 is 0. The molecule has 1 atom stereocenters. The Bertz CT molecular complexity index is 532. The molecule has 0 aliphatic heterocycles. The first-order valence-corrected chi connectivity index (χ1v) is 6.50. The first kappa shape index (κ1) is 13.4. The summed E-state index contributed by atoms with van der Waals surface area (Å²) in [6.07, 6.45) is -0.0405. The standard InChI is InChI=1S/C15H14Cl2O/c1-10-3-2-4-11(5-10)6-15(18)12-7-13(16)9-14(17)8-12/h2-5,7-9,15,18H,6H2,1H3. The van der Waals surface area contributed by atoms with Crippen molar-refractivity contribution >= 4 is 23.2 Å². The molecule has 0 heterocycles. The maximum absolute atomic E-state index is 10.2. The van der Waals surface area contributed by atoms with Gasteiger partial charge in [0.1, 0.15) is 0 Å². The molecule has 2 rings (SSSR count). The first-order chi connectivity index (χ1) is 8.54. The predicted octanol–water partition coefficient (Wildman–Crippen LogP) is 4.58. The number of aliphatic hydroxyl groups is 1. The van der Waals surface area contributed by atoms with Crippen LogP contribution in [0.5, 0.6) is 0 Å². The molecule has 2 aromatic carbocycles. The molecule has 0 saturated carbocycles. The summed E-state index contributed by atoms with van der Waals surface area (Å²) in [4.78, 5) is 0. The van der Waals surface area contributed by atoms with Crippen LogP contribution in [-0.4, -0.2) is 5.11 Å². The van der Waals surface area contributed by atoms with Crippen LogP contribution in [0, 0.1) is 6.92 Å². The summed E-state index contributed by atoms with van der Waals surface area (Å²) in [7, 11) is 0. The van der Waals surface area contributed by atoms with Crippen LogP contribution in [0.15, 0.2) is 42.5 Å². The maximum Gasteiger partial charge on any atom is 0.0831 e. The lowest BCUT2D eigenvalue weighted by atomic mass is 10.0. The van der Waals surface area contributed by atoms with E-state index < -0.39 is 6.10 Å². The minimum Gasteiger partial charge on any atom is -0.388 e. The highest BCUT2D eigenvalue weighted by molar-refractivity contribution is 6.34. The van der Waals surface area contributed by atoms with Crippen molar-refractivity contribution in [2.75, 3.05) is 0 Å². The van der Waals surface area contributed by atoms with Crippen LogP contribution >= 0.6 is 23.2 Å². The Morgan fingerprint density at radius 1 is 1.06 bits per heavy atom. The minimum absolute atomic E-state index is 0.542. The third-order valence-corrected chi connectivity index (χ3v) is 3.22. The molecule has 0 aliphatic carbocycles. The summed E-state index contributed by atoms with van der Waals surface area (Å²) in [6, 6.07) is 13.2. The van der Waals surface area contributed by atoms with E-state index in [0.717, 1.165) is 11.1 Å². The van der Waals surface area contributed by atoms with E-state index in [0.29, 0.717) is 16.5 Å². The van der Waals surface area contributed by atoms with Gasteiger partial charge < -0.3 is 5.11 Å². The molecule has 3 heteroatoms. The zero-order valence-electron chi connectivity index (χ0n) is 10.0. The first-order valence-electron chi connectivity index (χ1n) is 5.74. The van der Waals surface area contributed by atoms with E-state index in [4.69, 9.17) is 23.2 Å². The maximum atomic E-state index is 10.2. The van der Waals surface area contributed by atoms with Gasteiger partial charge in [-0.2, -0.15) is 0 Å². The molecule has 0 fully saturated rings. The Morgan fingerprint density at radius 2 is 1.72 bits per heavy atom. The van der Waals surface area contributed by atoms with Gasteiger partial charge in [0.2, 0.25) is 0 Å². The van der Waals surface area contributed by atoms with E-state index in [2.05, 4.69) is 6.07 Å². The van der Waals surface area contributed by atoms with Crippen molar-refractivity contribution in [2.45, 2.75) is 19.4 Å². The molecule has 0 radical (unpaired) electrons. The Morgan fingerprint density at radius 3 is 2.33 bits per heavy atom. The van der Waals surface area contributed by atoms with Crippen molar-refractivity contribution in [3.05, 3.63) is 69.2 Å². The second-order valence-corrected chi connectivity index (χ2v) is 5.28. The van der Waals surface area contributed by atoms with E-state index in [1.807, 2.05) is 25.1 Å². The second-order valence-electron chi connectivity index (χ2n) is 4.41. The molecular formula is C15H14Cl2O. The summed E-state index contributed by atoms with van der Waals surface area (Å²) in [5.41, 5.74) is 3.02. The Kier molecular flexibility index (Phi) is 4.28. The van der Waals surface area contributed by atoms with Crippen LogP contribution in [0.1, 0.15) is 22.8 Å². The van der Waals surface area contributed by atoms with Gasteiger partial charge in [-0.3, -0.25) is 0 Å². The summed E-state index contributed by atoms with van der Waals surface area (Å²) >= 11 is 11.9. The third-order valence-electron chi connectivity index (χ3n) is 2.78. The number of rotatable bonds is 3. The van der Waals surface area contributed by atoms with Crippen molar-refractivity contribution < 1.29 is 5.11 Å². The van der Waals surface area contributed by atoms with Gasteiger partial charge in [-0.25, -0.2) is 0 Å². The SMILES string of the molecule is Cc1cccc(CC(O)c2cc(Cl)cc(Cl)c2)c1. The number of halogens is 2. The third kappa shape index (κ3) is 3.49. The van der Waals surface area contributed by atoms with Crippen LogP contribution in [0.3, 0.4) is 0 Å². The van der Waals surface area contributed by atoms with Crippen molar-refractivity contribution in [3.63, 3.8) is 0 Å². The van der Waals surface area contributed by atoms with Crippen LogP contribution in [0.25, 0.3) is 0 Å². The van der Waals surface area contributed by atoms with Gasteiger partial charge in [-0.05, 0) is 36.2 Å². The van der Waals surface area contributed by atoms with E-state index in [9.17, 15) is 5.11 Å². The predicted molar refractivity (Wildman–Crippen MR) is 76.3 cm³/mol. The number of aliphatic hydroxyl groups excluding tert-OH is 1. The highest BCUT2D eigenvalue weighted by Gasteiger charge is 2.10. The molecule has 1 N–H and O–H groups in total. The van der Waals surface area contributed by atoms with E-state index in [1.165, 1.54) is 5.56 Å². The van der Waals surface area contributed by atoms with Gasteiger partial charge in [0.25, 0.3) is 0 Å². The molecule has 0 saturated heterocycles. The number of benzene rings is 2. The molecule has 18 heavy (non-hydrogen) atoms. The molecule has 0 spiro atoms. The minimum atomic E-state index is -0.594. The second kappa shape index (κ2) is 5.75. The fourth-order valence-electron chi connectivity index (χ4n) is 1.95.